The van der Waals surface area contributed by atoms with E-state index in [1.807, 2.05) is 13.8 Å². The highest BCUT2D eigenvalue weighted by Gasteiger charge is 2.32. The zero-order valence-corrected chi connectivity index (χ0v) is 12.6. The van der Waals surface area contributed by atoms with Gasteiger partial charge in [-0.3, -0.25) is 0 Å². The topological polar surface area (TPSA) is 45.4 Å². The average molecular weight is 265 g/mol. The molecule has 2 rings (SSSR count). The zero-order chi connectivity index (χ0) is 14.0. The summed E-state index contributed by atoms with van der Waals surface area (Å²) in [4.78, 5) is 0. The predicted octanol–water partition coefficient (Wildman–Crippen LogP) is 3.49. The van der Waals surface area contributed by atoms with Crippen molar-refractivity contribution in [3.8, 4) is 0 Å². The summed E-state index contributed by atoms with van der Waals surface area (Å²) in [7, 11) is 0. The van der Waals surface area contributed by atoms with Crippen molar-refractivity contribution >= 4 is 0 Å². The maximum absolute atomic E-state index is 10.6. The van der Waals surface area contributed by atoms with Crippen LogP contribution in [-0.2, 0) is 0 Å². The fraction of sp³-hybridized carbons (Fsp3) is 0.750. The Kier molecular flexibility index (Phi) is 4.36. The van der Waals surface area contributed by atoms with Gasteiger partial charge in [0, 0.05) is 18.2 Å². The molecule has 0 saturated heterocycles. The molecule has 1 aromatic heterocycles. The average Bonchev–Trinajstić information content (AvgIpc) is 2.70. The number of furan rings is 1. The van der Waals surface area contributed by atoms with E-state index in [0.29, 0.717) is 6.54 Å². The second-order valence-corrected chi connectivity index (χ2v) is 6.38. The monoisotopic (exact) mass is 265 g/mol. The molecule has 3 nitrogen and oxygen atoms in total. The molecule has 0 bridgehead atoms. The van der Waals surface area contributed by atoms with Gasteiger partial charge in [0.25, 0.3) is 0 Å². The van der Waals surface area contributed by atoms with Crippen LogP contribution in [0.25, 0.3) is 0 Å². The van der Waals surface area contributed by atoms with E-state index in [4.69, 9.17) is 4.42 Å². The highest BCUT2D eigenvalue weighted by atomic mass is 16.3. The number of aryl methyl sites for hydroxylation is 2. The number of rotatable bonds is 4. The standard InChI is InChI=1S/C16H27NO2/c1-11-5-7-16(18,8-6-11)10-17-13(3)15-9-12(2)19-14(15)4/h9,11,13,17-18H,5-8,10H2,1-4H3. The molecular formula is C16H27NO2. The van der Waals surface area contributed by atoms with Gasteiger partial charge in [0.1, 0.15) is 11.5 Å². The van der Waals surface area contributed by atoms with E-state index in [-0.39, 0.29) is 6.04 Å². The molecule has 19 heavy (non-hydrogen) atoms. The summed E-state index contributed by atoms with van der Waals surface area (Å²) in [5.41, 5.74) is 0.679. The summed E-state index contributed by atoms with van der Waals surface area (Å²) < 4.78 is 5.56. The minimum Gasteiger partial charge on any atom is -0.466 e. The van der Waals surface area contributed by atoms with Crippen molar-refractivity contribution in [3.63, 3.8) is 0 Å². The first-order valence-electron chi connectivity index (χ1n) is 7.42. The fourth-order valence-corrected chi connectivity index (χ4v) is 3.01. The van der Waals surface area contributed by atoms with Gasteiger partial charge in [0.2, 0.25) is 0 Å². The maximum atomic E-state index is 10.6. The third kappa shape index (κ3) is 3.61. The van der Waals surface area contributed by atoms with E-state index in [1.165, 1.54) is 5.56 Å². The van der Waals surface area contributed by atoms with Crippen LogP contribution in [0.2, 0.25) is 0 Å². The highest BCUT2D eigenvalue weighted by Crippen LogP contribution is 2.32. The van der Waals surface area contributed by atoms with E-state index in [0.717, 1.165) is 43.1 Å². The maximum Gasteiger partial charge on any atom is 0.105 e. The van der Waals surface area contributed by atoms with Crippen LogP contribution in [0, 0.1) is 19.8 Å². The molecule has 2 N–H and O–H groups in total. The van der Waals surface area contributed by atoms with E-state index < -0.39 is 5.60 Å². The number of nitrogens with one attached hydrogen (secondary N) is 1. The molecule has 0 aliphatic heterocycles. The molecule has 0 amide bonds. The van der Waals surface area contributed by atoms with Gasteiger partial charge in [-0.05, 0) is 58.4 Å². The Bertz CT molecular complexity index is 416. The quantitative estimate of drug-likeness (QED) is 0.876. The lowest BCUT2D eigenvalue weighted by atomic mass is 9.79. The van der Waals surface area contributed by atoms with Crippen molar-refractivity contribution in [3.05, 3.63) is 23.2 Å². The van der Waals surface area contributed by atoms with Crippen molar-refractivity contribution < 1.29 is 9.52 Å². The smallest absolute Gasteiger partial charge is 0.105 e. The molecule has 1 fully saturated rings. The fourth-order valence-electron chi connectivity index (χ4n) is 3.01. The van der Waals surface area contributed by atoms with Crippen LogP contribution >= 0.6 is 0 Å². The van der Waals surface area contributed by atoms with Crippen LogP contribution < -0.4 is 5.32 Å². The third-order valence-electron chi connectivity index (χ3n) is 4.49. The Labute approximate surface area is 116 Å². The summed E-state index contributed by atoms with van der Waals surface area (Å²) in [6.07, 6.45) is 4.10. The van der Waals surface area contributed by atoms with Gasteiger partial charge in [0.05, 0.1) is 5.60 Å². The molecular weight excluding hydrogens is 238 g/mol. The van der Waals surface area contributed by atoms with E-state index >= 15 is 0 Å². The second kappa shape index (κ2) is 5.68. The molecule has 1 aliphatic carbocycles. The van der Waals surface area contributed by atoms with Crippen molar-refractivity contribution in [2.24, 2.45) is 5.92 Å². The van der Waals surface area contributed by atoms with Gasteiger partial charge in [-0.25, -0.2) is 0 Å². The van der Waals surface area contributed by atoms with Crippen LogP contribution in [0.15, 0.2) is 10.5 Å². The summed E-state index contributed by atoms with van der Waals surface area (Å²) >= 11 is 0. The van der Waals surface area contributed by atoms with Crippen molar-refractivity contribution in [1.82, 2.24) is 5.32 Å². The zero-order valence-electron chi connectivity index (χ0n) is 12.6. The molecule has 108 valence electrons. The Morgan fingerprint density at radius 1 is 1.42 bits per heavy atom. The van der Waals surface area contributed by atoms with Gasteiger partial charge in [-0.1, -0.05) is 6.92 Å². The van der Waals surface area contributed by atoms with Crippen LogP contribution in [0.1, 0.15) is 62.7 Å². The van der Waals surface area contributed by atoms with Crippen LogP contribution in [-0.4, -0.2) is 17.3 Å². The van der Waals surface area contributed by atoms with Crippen LogP contribution in [0.5, 0.6) is 0 Å². The Morgan fingerprint density at radius 2 is 2.05 bits per heavy atom. The molecule has 0 aromatic carbocycles. The molecule has 0 radical (unpaired) electrons. The Hall–Kier alpha value is -0.800. The summed E-state index contributed by atoms with van der Waals surface area (Å²) in [6, 6.07) is 2.31. The highest BCUT2D eigenvalue weighted by molar-refractivity contribution is 5.23. The van der Waals surface area contributed by atoms with Crippen molar-refractivity contribution in [2.75, 3.05) is 6.54 Å². The van der Waals surface area contributed by atoms with Gasteiger partial charge in [0.15, 0.2) is 0 Å². The Balaban J connectivity index is 1.90. The molecule has 1 aromatic rings. The van der Waals surface area contributed by atoms with Gasteiger partial charge < -0.3 is 14.8 Å². The van der Waals surface area contributed by atoms with Crippen LogP contribution in [0.3, 0.4) is 0 Å². The first-order chi connectivity index (χ1) is 8.89. The lowest BCUT2D eigenvalue weighted by Gasteiger charge is -2.36. The molecule has 0 spiro atoms. The summed E-state index contributed by atoms with van der Waals surface area (Å²) in [5, 5.41) is 14.0. The molecule has 1 heterocycles. The first kappa shape index (κ1) is 14.6. The predicted molar refractivity (Wildman–Crippen MR) is 77.2 cm³/mol. The molecule has 3 heteroatoms. The SMILES string of the molecule is Cc1cc(C(C)NCC2(O)CCC(C)CC2)c(C)o1. The normalized spacial score (nSPS) is 29.4. The minimum absolute atomic E-state index is 0.223. The van der Waals surface area contributed by atoms with Crippen molar-refractivity contribution in [2.45, 2.75) is 65.0 Å². The number of hydrogen-bond acceptors (Lipinski definition) is 3. The summed E-state index contributed by atoms with van der Waals surface area (Å²) in [6.45, 7) is 9.04. The van der Waals surface area contributed by atoms with Gasteiger partial charge >= 0.3 is 0 Å². The Morgan fingerprint density at radius 3 is 2.58 bits per heavy atom. The molecule has 1 atom stereocenters. The number of aliphatic hydroxyl groups is 1. The molecule has 1 saturated carbocycles. The second-order valence-electron chi connectivity index (χ2n) is 6.38. The third-order valence-corrected chi connectivity index (χ3v) is 4.49. The van der Waals surface area contributed by atoms with E-state index in [1.54, 1.807) is 0 Å². The lowest BCUT2D eigenvalue weighted by molar-refractivity contribution is -0.00786. The van der Waals surface area contributed by atoms with Crippen molar-refractivity contribution in [1.29, 1.82) is 0 Å². The first-order valence-corrected chi connectivity index (χ1v) is 7.42. The van der Waals surface area contributed by atoms with Crippen LogP contribution in [0.4, 0.5) is 0 Å². The van der Waals surface area contributed by atoms with Gasteiger partial charge in [-0.2, -0.15) is 0 Å². The summed E-state index contributed by atoms with van der Waals surface area (Å²) in [5.74, 6) is 2.68. The molecule has 1 unspecified atom stereocenters. The van der Waals surface area contributed by atoms with E-state index in [9.17, 15) is 5.11 Å². The minimum atomic E-state index is -0.520. The lowest BCUT2D eigenvalue weighted by Crippen LogP contribution is -2.44. The van der Waals surface area contributed by atoms with Gasteiger partial charge in [-0.15, -0.1) is 0 Å². The van der Waals surface area contributed by atoms with E-state index in [2.05, 4.69) is 25.2 Å². The molecule has 1 aliphatic rings. The largest absolute Gasteiger partial charge is 0.466 e. The number of hydrogen-bond donors (Lipinski definition) is 2.